The summed E-state index contributed by atoms with van der Waals surface area (Å²) in [4.78, 5) is 45.8. The summed E-state index contributed by atoms with van der Waals surface area (Å²) in [6.07, 6.45) is 0. The molecule has 2 radical (unpaired) electrons. The maximum atomic E-state index is 8.77. The molecule has 0 aliphatic rings. The third-order valence-electron chi connectivity index (χ3n) is 0. The fourth-order valence-corrected chi connectivity index (χ4v) is 0. The van der Waals surface area contributed by atoms with Crippen LogP contribution in [0.1, 0.15) is 0 Å². The van der Waals surface area contributed by atoms with Crippen molar-refractivity contribution in [2.45, 2.75) is 0 Å². The zero-order valence-corrected chi connectivity index (χ0v) is 11.4. The van der Waals surface area contributed by atoms with Crippen LogP contribution >= 0.6 is 15.6 Å². The summed E-state index contributed by atoms with van der Waals surface area (Å²) in [6, 6.07) is 0. The first-order valence-corrected chi connectivity index (χ1v) is 4.59. The second kappa shape index (κ2) is 9.69. The van der Waals surface area contributed by atoms with E-state index < -0.39 is 15.6 Å². The number of hydrogen-bond acceptors (Lipinski definition) is 4. The smallest absolute Gasteiger partial charge is 0.756 e. The Kier molecular flexibility index (Phi) is 19.2. The molecule has 0 unspecified atom stereocenters. The van der Waals surface area contributed by atoms with E-state index in [1.165, 1.54) is 0 Å². The van der Waals surface area contributed by atoms with E-state index >= 15 is 0 Å². The van der Waals surface area contributed by atoms with Crippen LogP contribution < -0.4 is 61.2 Å². The van der Waals surface area contributed by atoms with Gasteiger partial charge in [0.05, 0.1) is 0 Å². The van der Waals surface area contributed by atoms with Crippen molar-refractivity contribution < 1.29 is 102 Å². The molecule has 0 saturated carbocycles. The van der Waals surface area contributed by atoms with Gasteiger partial charge in [-0.1, -0.05) is 0 Å². The molecular formula is H4ClKO8P2. The van der Waals surface area contributed by atoms with Crippen LogP contribution in [0, 0.1) is 12.4 Å². The molecule has 0 heterocycles. The molecule has 0 aromatic heterocycles. The van der Waals surface area contributed by atoms with Gasteiger partial charge in [0.15, 0.2) is 0 Å². The number of hydrogen-bond donors (Lipinski definition) is 4. The molecule has 12 heteroatoms. The molecule has 0 atom stereocenters. The number of halogens is 1. The van der Waals surface area contributed by atoms with Crippen molar-refractivity contribution in [2.75, 3.05) is 0 Å². The standard InChI is InChI=1S/Cl.K.2H3O4P/c;;2*1-5(2,3)4/h;;2*(H3,1,2,3,4)/q2*+1;;/p-2. The van der Waals surface area contributed by atoms with Gasteiger partial charge in [-0.25, -0.2) is 0 Å². The van der Waals surface area contributed by atoms with E-state index in [-0.39, 0.29) is 63.8 Å². The summed E-state index contributed by atoms with van der Waals surface area (Å²) in [5.74, 6) is 0. The summed E-state index contributed by atoms with van der Waals surface area (Å²) in [5.41, 5.74) is 0. The van der Waals surface area contributed by atoms with Crippen LogP contribution in [0.3, 0.4) is 0 Å². The summed E-state index contributed by atoms with van der Waals surface area (Å²) in [7, 11) is -9.78. The van der Waals surface area contributed by atoms with E-state index in [1.54, 1.807) is 0 Å². The first-order valence-electron chi connectivity index (χ1n) is 1.53. The normalized spacial score (nSPS) is 9.83. The van der Waals surface area contributed by atoms with Gasteiger partial charge in [-0.3, -0.25) is 9.13 Å². The number of phosphoric acid groups is 2. The second-order valence-corrected chi connectivity index (χ2v) is 2.94. The van der Waals surface area contributed by atoms with E-state index in [4.69, 9.17) is 38.5 Å². The van der Waals surface area contributed by atoms with E-state index in [1.807, 2.05) is 0 Å². The van der Waals surface area contributed by atoms with Gasteiger partial charge in [0.1, 0.15) is 0 Å². The Hall–Kier alpha value is 2.15. The Morgan fingerprint density at radius 2 is 0.833 bits per heavy atom. The van der Waals surface area contributed by atoms with Gasteiger partial charge in [0, 0.05) is 0 Å². The first-order chi connectivity index (χ1) is 4.00. The molecule has 0 aliphatic heterocycles. The van der Waals surface area contributed by atoms with Crippen molar-refractivity contribution in [3.63, 3.8) is 0 Å². The molecule has 0 bridgehead atoms. The summed E-state index contributed by atoms with van der Waals surface area (Å²) < 4.78 is 17.5. The van der Waals surface area contributed by atoms with Crippen molar-refractivity contribution in [2.24, 2.45) is 0 Å². The van der Waals surface area contributed by atoms with Crippen molar-refractivity contribution in [3.05, 3.63) is 0 Å². The minimum absolute atomic E-state index is 0. The molecule has 12 heavy (non-hydrogen) atoms. The van der Waals surface area contributed by atoms with Crippen LogP contribution in [0.25, 0.3) is 0 Å². The maximum Gasteiger partial charge on any atom is 1.00 e. The Labute approximate surface area is 116 Å². The minimum Gasteiger partial charge on any atom is -0.756 e. The Morgan fingerprint density at radius 3 is 0.833 bits per heavy atom. The van der Waals surface area contributed by atoms with E-state index in [0.717, 1.165) is 0 Å². The number of rotatable bonds is 0. The van der Waals surface area contributed by atoms with Gasteiger partial charge in [0.2, 0.25) is 0 Å². The van der Waals surface area contributed by atoms with Gasteiger partial charge in [-0.15, -0.1) is 0 Å². The second-order valence-electron chi connectivity index (χ2n) is 0.981. The van der Waals surface area contributed by atoms with Crippen LogP contribution in [-0.2, 0) is 9.13 Å². The summed E-state index contributed by atoms with van der Waals surface area (Å²) in [5, 5.41) is 0. The van der Waals surface area contributed by atoms with Gasteiger partial charge < -0.3 is 29.4 Å². The topological polar surface area (TPSA) is 161 Å². The maximum absolute atomic E-state index is 8.77. The molecule has 0 amide bonds. The van der Waals surface area contributed by atoms with Gasteiger partial charge in [-0.05, 0) is 0 Å². The predicted molar refractivity (Wildman–Crippen MR) is 24.1 cm³/mol. The Morgan fingerprint density at radius 1 is 0.833 bits per heavy atom. The quantitative estimate of drug-likeness (QED) is 0.249. The van der Waals surface area contributed by atoms with E-state index in [9.17, 15) is 0 Å². The first kappa shape index (κ1) is 23.7. The van der Waals surface area contributed by atoms with E-state index in [2.05, 4.69) is 0 Å². The van der Waals surface area contributed by atoms with Crippen LogP contribution in [0.5, 0.6) is 0 Å². The van der Waals surface area contributed by atoms with Crippen LogP contribution in [0.2, 0.25) is 0 Å². The molecule has 0 saturated heterocycles. The van der Waals surface area contributed by atoms with Gasteiger partial charge in [0.25, 0.3) is 15.6 Å². The van der Waals surface area contributed by atoms with Crippen molar-refractivity contribution in [1.29, 1.82) is 0 Å². The third kappa shape index (κ3) is 328. The fraction of sp³-hybridized carbons (Fsp3) is 0. The fourth-order valence-electron chi connectivity index (χ4n) is 0. The van der Waals surface area contributed by atoms with E-state index in [0.29, 0.717) is 0 Å². The van der Waals surface area contributed by atoms with Crippen molar-refractivity contribution >= 4 is 15.6 Å². The van der Waals surface area contributed by atoms with Crippen LogP contribution in [0.15, 0.2) is 0 Å². The Balaban J connectivity index is -0.0000000457. The zero-order chi connectivity index (χ0) is 9.00. The molecule has 0 aromatic carbocycles. The summed E-state index contributed by atoms with van der Waals surface area (Å²) >= 11 is 0. The molecule has 0 rings (SSSR count). The van der Waals surface area contributed by atoms with Gasteiger partial charge >= 0.3 is 63.8 Å². The average Bonchev–Trinajstić information content (AvgIpc) is 1.12. The van der Waals surface area contributed by atoms with Crippen LogP contribution in [-0.4, -0.2) is 19.6 Å². The molecule has 0 aliphatic carbocycles. The molecular weight excluding hydrogens is 264 g/mol. The van der Waals surface area contributed by atoms with Crippen molar-refractivity contribution in [3.8, 4) is 0 Å². The van der Waals surface area contributed by atoms with Crippen molar-refractivity contribution in [1.82, 2.24) is 0 Å². The average molecular weight is 269 g/mol. The van der Waals surface area contributed by atoms with Crippen LogP contribution in [0.4, 0.5) is 0 Å². The summed E-state index contributed by atoms with van der Waals surface area (Å²) in [6.45, 7) is 0. The Bertz CT molecular complexity index is 129. The monoisotopic (exact) mass is 268 g/mol. The molecule has 0 aromatic rings. The SMILES string of the molecule is O=P([O-])(O)O.O=P([O-])(O)O.[Cl+].[K+]. The molecule has 8 nitrogen and oxygen atoms in total. The predicted octanol–water partition coefficient (Wildman–Crippen LogP) is -6.12. The molecule has 4 N–H and O–H groups in total. The molecule has 0 spiro atoms. The zero-order valence-electron chi connectivity index (χ0n) is 5.69. The third-order valence-corrected chi connectivity index (χ3v) is 0. The molecule has 70 valence electrons. The van der Waals surface area contributed by atoms with Gasteiger partial charge in [-0.2, -0.15) is 0 Å². The molecule has 0 fully saturated rings. The largest absolute Gasteiger partial charge is 1.00 e. The minimum atomic E-state index is -4.89.